The smallest absolute Gasteiger partial charge is 0.161 e. The second-order valence-corrected chi connectivity index (χ2v) is 3.97. The van der Waals surface area contributed by atoms with E-state index in [1.807, 2.05) is 24.9 Å². The Morgan fingerprint density at radius 3 is 2.62 bits per heavy atom. The third-order valence-corrected chi connectivity index (χ3v) is 2.75. The molecule has 0 spiro atoms. The Morgan fingerprint density at radius 1 is 1.56 bits per heavy atom. The van der Waals surface area contributed by atoms with Gasteiger partial charge in [0.2, 0.25) is 0 Å². The first-order chi connectivity index (χ1) is 7.47. The van der Waals surface area contributed by atoms with E-state index in [4.69, 9.17) is 10.8 Å². The number of rotatable bonds is 4. The minimum Gasteiger partial charge on any atom is -0.398 e. The van der Waals surface area contributed by atoms with Crippen molar-refractivity contribution < 1.29 is 9.90 Å². The lowest BCUT2D eigenvalue weighted by molar-refractivity contribution is 0.101. The van der Waals surface area contributed by atoms with Crippen LogP contribution >= 0.6 is 0 Å². The van der Waals surface area contributed by atoms with Crippen LogP contribution in [0.2, 0.25) is 0 Å². The molecule has 1 atom stereocenters. The number of nitrogens with two attached hydrogens (primary N) is 1. The van der Waals surface area contributed by atoms with Gasteiger partial charge >= 0.3 is 0 Å². The molecule has 0 aliphatic rings. The quantitative estimate of drug-likeness (QED) is 0.595. The van der Waals surface area contributed by atoms with Gasteiger partial charge in [-0.1, -0.05) is 0 Å². The molecule has 0 saturated carbocycles. The molecule has 0 amide bonds. The van der Waals surface area contributed by atoms with Crippen LogP contribution < -0.4 is 10.6 Å². The van der Waals surface area contributed by atoms with E-state index in [0.29, 0.717) is 11.3 Å². The Labute approximate surface area is 95.7 Å². The van der Waals surface area contributed by atoms with Crippen molar-refractivity contribution in [2.24, 2.45) is 0 Å². The Bertz CT molecular complexity index is 391. The van der Waals surface area contributed by atoms with Gasteiger partial charge in [-0.15, -0.1) is 0 Å². The van der Waals surface area contributed by atoms with Gasteiger partial charge in [0.15, 0.2) is 5.78 Å². The first-order valence-corrected chi connectivity index (χ1v) is 5.21. The van der Waals surface area contributed by atoms with Crippen molar-refractivity contribution in [2.75, 3.05) is 24.3 Å². The highest BCUT2D eigenvalue weighted by atomic mass is 16.3. The average Bonchev–Trinajstić information content (AvgIpc) is 2.26. The lowest BCUT2D eigenvalue weighted by atomic mass is 10.1. The van der Waals surface area contributed by atoms with Crippen molar-refractivity contribution >= 4 is 17.2 Å². The summed E-state index contributed by atoms with van der Waals surface area (Å²) in [6.07, 6.45) is 0. The van der Waals surface area contributed by atoms with E-state index in [2.05, 4.69) is 0 Å². The molecule has 1 unspecified atom stereocenters. The van der Waals surface area contributed by atoms with Crippen molar-refractivity contribution in [1.29, 1.82) is 0 Å². The van der Waals surface area contributed by atoms with E-state index >= 15 is 0 Å². The van der Waals surface area contributed by atoms with Gasteiger partial charge in [-0.05, 0) is 32.0 Å². The first kappa shape index (κ1) is 12.5. The summed E-state index contributed by atoms with van der Waals surface area (Å²) in [6.45, 7) is 3.48. The summed E-state index contributed by atoms with van der Waals surface area (Å²) in [6, 6.07) is 5.32. The summed E-state index contributed by atoms with van der Waals surface area (Å²) in [4.78, 5) is 13.1. The second kappa shape index (κ2) is 4.99. The maximum absolute atomic E-state index is 11.2. The van der Waals surface area contributed by atoms with Crippen LogP contribution in [0, 0.1) is 0 Å². The zero-order chi connectivity index (χ0) is 12.3. The van der Waals surface area contributed by atoms with Crippen LogP contribution in [0.1, 0.15) is 24.2 Å². The molecule has 0 heterocycles. The summed E-state index contributed by atoms with van der Waals surface area (Å²) in [5.41, 5.74) is 7.69. The molecule has 16 heavy (non-hydrogen) atoms. The number of aliphatic hydroxyl groups excluding tert-OH is 1. The third-order valence-electron chi connectivity index (χ3n) is 2.75. The van der Waals surface area contributed by atoms with Crippen LogP contribution in [0.15, 0.2) is 18.2 Å². The molecule has 0 radical (unpaired) electrons. The summed E-state index contributed by atoms with van der Waals surface area (Å²) in [7, 11) is 1.88. The van der Waals surface area contributed by atoms with Gasteiger partial charge < -0.3 is 15.7 Å². The molecule has 1 rings (SSSR count). The van der Waals surface area contributed by atoms with E-state index in [1.54, 1.807) is 12.1 Å². The molecule has 0 aromatic heterocycles. The number of likely N-dealkylation sites (N-methyl/N-ethyl adjacent to an activating group) is 1. The molecule has 4 nitrogen and oxygen atoms in total. The minimum absolute atomic E-state index is 0.0163. The number of nitrogens with zero attached hydrogens (tertiary/aromatic N) is 1. The number of carbonyl (C=O) groups is 1. The normalized spacial score (nSPS) is 12.2. The van der Waals surface area contributed by atoms with Crippen molar-refractivity contribution in [2.45, 2.75) is 19.9 Å². The monoisotopic (exact) mass is 222 g/mol. The molecule has 1 aromatic rings. The van der Waals surface area contributed by atoms with Crippen molar-refractivity contribution in [3.05, 3.63) is 23.8 Å². The molecule has 0 bridgehead atoms. The summed E-state index contributed by atoms with van der Waals surface area (Å²) in [5.74, 6) is -0.0399. The third kappa shape index (κ3) is 2.52. The molecular weight excluding hydrogens is 204 g/mol. The number of Topliss-reactive ketones (excluding diaryl/α,β-unsaturated/α-hetero) is 1. The fraction of sp³-hybridized carbons (Fsp3) is 0.417. The van der Waals surface area contributed by atoms with Gasteiger partial charge in [0, 0.05) is 30.0 Å². The number of benzene rings is 1. The molecule has 0 fully saturated rings. The minimum atomic E-state index is -0.0399. The maximum atomic E-state index is 11.2. The van der Waals surface area contributed by atoms with Gasteiger partial charge in [-0.2, -0.15) is 0 Å². The van der Waals surface area contributed by atoms with Crippen molar-refractivity contribution in [1.82, 2.24) is 0 Å². The number of carbonyl (C=O) groups excluding carboxylic acids is 1. The molecule has 88 valence electrons. The number of ketones is 1. The number of hydrogen-bond acceptors (Lipinski definition) is 4. The molecule has 0 saturated heterocycles. The highest BCUT2D eigenvalue weighted by Crippen LogP contribution is 2.22. The van der Waals surface area contributed by atoms with E-state index < -0.39 is 0 Å². The fourth-order valence-corrected chi connectivity index (χ4v) is 1.47. The Hall–Kier alpha value is -1.55. The fourth-order valence-electron chi connectivity index (χ4n) is 1.47. The highest BCUT2D eigenvalue weighted by molar-refractivity contribution is 5.99. The second-order valence-electron chi connectivity index (χ2n) is 3.97. The summed E-state index contributed by atoms with van der Waals surface area (Å²) < 4.78 is 0. The van der Waals surface area contributed by atoms with Crippen LogP contribution in [0.25, 0.3) is 0 Å². The van der Waals surface area contributed by atoms with E-state index in [0.717, 1.165) is 5.69 Å². The SMILES string of the molecule is CC(=O)c1ccc(N(C)C(C)CO)cc1N. The van der Waals surface area contributed by atoms with E-state index in [1.165, 1.54) is 6.92 Å². The largest absolute Gasteiger partial charge is 0.398 e. The maximum Gasteiger partial charge on any atom is 0.161 e. The van der Waals surface area contributed by atoms with Gasteiger partial charge in [0.25, 0.3) is 0 Å². The summed E-state index contributed by atoms with van der Waals surface area (Å²) in [5, 5.41) is 9.05. The standard InChI is InChI=1S/C12H18N2O2/c1-8(7-15)14(3)10-4-5-11(9(2)16)12(13)6-10/h4-6,8,15H,7,13H2,1-3H3. The first-order valence-electron chi connectivity index (χ1n) is 5.21. The highest BCUT2D eigenvalue weighted by Gasteiger charge is 2.11. The molecule has 1 aromatic carbocycles. The van der Waals surface area contributed by atoms with Crippen LogP contribution in [-0.2, 0) is 0 Å². The number of anilines is 2. The number of nitrogen functional groups attached to an aromatic ring is 1. The predicted molar refractivity (Wildman–Crippen MR) is 65.8 cm³/mol. The van der Waals surface area contributed by atoms with Gasteiger partial charge in [-0.3, -0.25) is 4.79 Å². The van der Waals surface area contributed by atoms with Crippen molar-refractivity contribution in [3.8, 4) is 0 Å². The van der Waals surface area contributed by atoms with E-state index in [9.17, 15) is 4.79 Å². The van der Waals surface area contributed by atoms with Gasteiger partial charge in [-0.25, -0.2) is 0 Å². The lowest BCUT2D eigenvalue weighted by Crippen LogP contribution is -2.31. The predicted octanol–water partition coefficient (Wildman–Crippen LogP) is 1.29. The Balaban J connectivity index is 3.01. The molecule has 3 N–H and O–H groups in total. The van der Waals surface area contributed by atoms with Crippen molar-refractivity contribution in [3.63, 3.8) is 0 Å². The van der Waals surface area contributed by atoms with Gasteiger partial charge in [0.05, 0.1) is 6.61 Å². The van der Waals surface area contributed by atoms with Crippen LogP contribution in [0.4, 0.5) is 11.4 Å². The van der Waals surface area contributed by atoms with E-state index in [-0.39, 0.29) is 18.4 Å². The molecule has 0 aliphatic heterocycles. The Kier molecular flexibility index (Phi) is 3.90. The summed E-state index contributed by atoms with van der Waals surface area (Å²) >= 11 is 0. The number of hydrogen-bond donors (Lipinski definition) is 2. The van der Waals surface area contributed by atoms with Crippen LogP contribution in [0.3, 0.4) is 0 Å². The molecular formula is C12H18N2O2. The Morgan fingerprint density at radius 2 is 2.19 bits per heavy atom. The molecule has 4 heteroatoms. The number of aliphatic hydroxyl groups is 1. The van der Waals surface area contributed by atoms with Gasteiger partial charge in [0.1, 0.15) is 0 Å². The zero-order valence-corrected chi connectivity index (χ0v) is 9.90. The average molecular weight is 222 g/mol. The van der Waals surface area contributed by atoms with Crippen LogP contribution in [-0.4, -0.2) is 30.6 Å². The lowest BCUT2D eigenvalue weighted by Gasteiger charge is -2.25. The molecule has 0 aliphatic carbocycles. The zero-order valence-electron chi connectivity index (χ0n) is 9.90. The topological polar surface area (TPSA) is 66.6 Å². The van der Waals surface area contributed by atoms with Crippen LogP contribution in [0.5, 0.6) is 0 Å².